The summed E-state index contributed by atoms with van der Waals surface area (Å²) in [6, 6.07) is -0.0959. The number of rotatable bonds is 21. The third-order valence-electron chi connectivity index (χ3n) is 12.9. The number of carbonyl (C=O) groups excluding carboxylic acids is 4. The zero-order valence-electron chi connectivity index (χ0n) is 36.2. The molecule has 0 aromatic rings. The van der Waals surface area contributed by atoms with Crippen LogP contribution in [0.3, 0.4) is 0 Å². The molecule has 3 fully saturated rings. The number of Topliss-reactive ketones (excluding diaryl/α,β-unsaturated/α-hetero) is 2. The maximum atomic E-state index is 13.6. The molecule has 57 heavy (non-hydrogen) atoms. The zero-order valence-corrected chi connectivity index (χ0v) is 36.2. The lowest BCUT2D eigenvalue weighted by molar-refractivity contribution is -0.302. The van der Waals surface area contributed by atoms with Gasteiger partial charge in [0.2, 0.25) is 5.79 Å². The largest absolute Gasteiger partial charge is 0.460 e. The molecule has 3 aliphatic rings. The Morgan fingerprint density at radius 2 is 1.67 bits per heavy atom. The van der Waals surface area contributed by atoms with E-state index in [1.165, 1.54) is 0 Å². The minimum Gasteiger partial charge on any atom is -0.460 e. The molecule has 1 amide bonds. The molecule has 0 bridgehead atoms. The van der Waals surface area contributed by atoms with Gasteiger partial charge in [0.15, 0.2) is 0 Å². The summed E-state index contributed by atoms with van der Waals surface area (Å²) in [5.74, 6) is -5.62. The van der Waals surface area contributed by atoms with Crippen LogP contribution in [-0.4, -0.2) is 127 Å². The Balaban J connectivity index is 1.65. The monoisotopic (exact) mass is 808 g/mol. The third kappa shape index (κ3) is 12.7. The SMILES string of the molecule is CC[C@H](/C=C(\C)C[C@H](C)C[C@H](OC)[C@H]1O[C@@](O)(C(=O)C(=O)N2CCCCC2C)[C@H](C)C[C@@H]1OC)C(=O)C[C@H](O)[C@@H](C)[C@H](OC=O)/C(C)=C/[C@@H]1CC[C@@H](O)[C@H](OC)C1. The molecule has 13 nitrogen and oxygen atoms in total. The summed E-state index contributed by atoms with van der Waals surface area (Å²) in [7, 11) is 4.68. The molecular formula is C44H73NO12. The van der Waals surface area contributed by atoms with Gasteiger partial charge in [-0.1, -0.05) is 45.4 Å². The number of methoxy groups -OCH3 is 3. The Labute approximate surface area is 340 Å². The Morgan fingerprint density at radius 3 is 2.26 bits per heavy atom. The molecule has 0 aromatic carbocycles. The number of nitrogens with zero attached hydrogens (tertiary/aromatic N) is 1. The van der Waals surface area contributed by atoms with E-state index in [1.807, 2.05) is 39.8 Å². The number of ether oxygens (including phenoxy) is 5. The van der Waals surface area contributed by atoms with Crippen LogP contribution in [0.5, 0.6) is 0 Å². The first-order chi connectivity index (χ1) is 26.9. The highest BCUT2D eigenvalue weighted by atomic mass is 16.7. The van der Waals surface area contributed by atoms with Gasteiger partial charge in [-0.05, 0) is 102 Å². The van der Waals surface area contributed by atoms with E-state index in [1.54, 1.807) is 40.1 Å². The summed E-state index contributed by atoms with van der Waals surface area (Å²) in [6.07, 6.45) is 6.00. The highest BCUT2D eigenvalue weighted by Gasteiger charge is 2.56. The first-order valence-corrected chi connectivity index (χ1v) is 21.1. The van der Waals surface area contributed by atoms with Crippen molar-refractivity contribution in [2.24, 2.45) is 29.6 Å². The summed E-state index contributed by atoms with van der Waals surface area (Å²) in [5.41, 5.74) is 1.77. The lowest BCUT2D eigenvalue weighted by atomic mass is 9.81. The first kappa shape index (κ1) is 48.8. The minimum absolute atomic E-state index is 0.0344. The first-order valence-electron chi connectivity index (χ1n) is 21.1. The van der Waals surface area contributed by atoms with Crippen molar-refractivity contribution < 1.29 is 58.2 Å². The highest BCUT2D eigenvalue weighted by molar-refractivity contribution is 6.38. The van der Waals surface area contributed by atoms with Crippen molar-refractivity contribution in [3.63, 3.8) is 0 Å². The summed E-state index contributed by atoms with van der Waals surface area (Å²) in [4.78, 5) is 53.7. The van der Waals surface area contributed by atoms with Gasteiger partial charge in [-0.3, -0.25) is 19.2 Å². The van der Waals surface area contributed by atoms with Crippen LogP contribution in [-0.2, 0) is 42.9 Å². The van der Waals surface area contributed by atoms with Crippen molar-refractivity contribution in [2.75, 3.05) is 27.9 Å². The third-order valence-corrected chi connectivity index (χ3v) is 12.9. The highest BCUT2D eigenvalue weighted by Crippen LogP contribution is 2.39. The van der Waals surface area contributed by atoms with Crippen molar-refractivity contribution in [1.29, 1.82) is 0 Å². The van der Waals surface area contributed by atoms with Crippen molar-refractivity contribution in [3.05, 3.63) is 23.3 Å². The van der Waals surface area contributed by atoms with Crippen LogP contribution in [0.2, 0.25) is 0 Å². The number of ketones is 2. The van der Waals surface area contributed by atoms with Gasteiger partial charge in [0.05, 0.1) is 30.5 Å². The molecule has 0 radical (unpaired) electrons. The van der Waals surface area contributed by atoms with E-state index in [0.717, 1.165) is 36.8 Å². The molecule has 2 heterocycles. The van der Waals surface area contributed by atoms with Crippen molar-refractivity contribution >= 4 is 23.9 Å². The number of aliphatic hydroxyl groups excluding tert-OH is 2. The normalized spacial score (nSPS) is 32.1. The number of carbonyl (C=O) groups is 4. The molecule has 1 saturated carbocycles. The Kier molecular flexibility index (Phi) is 19.5. The molecule has 1 unspecified atom stereocenters. The predicted octanol–water partition coefficient (Wildman–Crippen LogP) is 5.11. The van der Waals surface area contributed by atoms with Gasteiger partial charge in [-0.25, -0.2) is 0 Å². The van der Waals surface area contributed by atoms with Gasteiger partial charge >= 0.3 is 0 Å². The van der Waals surface area contributed by atoms with Crippen LogP contribution in [0.25, 0.3) is 0 Å². The number of hydrogen-bond acceptors (Lipinski definition) is 12. The summed E-state index contributed by atoms with van der Waals surface area (Å²) < 4.78 is 28.8. The fourth-order valence-corrected chi connectivity index (χ4v) is 9.26. The fraction of sp³-hybridized carbons (Fsp3) is 0.818. The van der Waals surface area contributed by atoms with Crippen LogP contribution in [0.1, 0.15) is 119 Å². The van der Waals surface area contributed by atoms with E-state index in [-0.39, 0.29) is 36.2 Å². The lowest BCUT2D eigenvalue weighted by Gasteiger charge is -2.47. The van der Waals surface area contributed by atoms with E-state index in [2.05, 4.69) is 6.92 Å². The zero-order chi connectivity index (χ0) is 42.6. The van der Waals surface area contributed by atoms with Gasteiger partial charge in [-0.2, -0.15) is 0 Å². The smallest absolute Gasteiger partial charge is 0.296 e. The van der Waals surface area contributed by atoms with E-state index in [0.29, 0.717) is 51.5 Å². The van der Waals surface area contributed by atoms with E-state index in [4.69, 9.17) is 23.7 Å². The van der Waals surface area contributed by atoms with Gasteiger partial charge in [0.1, 0.15) is 18.0 Å². The average Bonchev–Trinajstić information content (AvgIpc) is 3.18. The molecular weight excluding hydrogens is 734 g/mol. The molecule has 1 aliphatic carbocycles. The molecule has 3 rings (SSSR count). The maximum Gasteiger partial charge on any atom is 0.296 e. The summed E-state index contributed by atoms with van der Waals surface area (Å²) >= 11 is 0. The maximum absolute atomic E-state index is 13.6. The molecule has 326 valence electrons. The minimum atomic E-state index is -2.32. The van der Waals surface area contributed by atoms with Crippen LogP contribution in [0, 0.1) is 29.6 Å². The van der Waals surface area contributed by atoms with E-state index in [9.17, 15) is 34.5 Å². The van der Waals surface area contributed by atoms with Crippen molar-refractivity contribution in [2.45, 2.75) is 174 Å². The van der Waals surface area contributed by atoms with Crippen LogP contribution >= 0.6 is 0 Å². The molecule has 14 atom stereocenters. The number of aliphatic hydroxyl groups is 3. The van der Waals surface area contributed by atoms with Crippen LogP contribution < -0.4 is 0 Å². The van der Waals surface area contributed by atoms with Crippen molar-refractivity contribution in [1.82, 2.24) is 4.90 Å². The van der Waals surface area contributed by atoms with Gasteiger partial charge in [0.25, 0.3) is 18.2 Å². The van der Waals surface area contributed by atoms with Crippen LogP contribution in [0.4, 0.5) is 0 Å². The topological polar surface area (TPSA) is 178 Å². The standard InChI is InChI=1S/C44H73NO12/c1-11-33(36(49)24-35(48)31(7)40(56-25-46)28(4)21-32-15-16-34(47)37(23-32)53-8)19-26(2)18-27(3)20-38(54-9)41-39(55-10)22-29(5)44(52,57-41)42(50)43(51)45-17-13-12-14-30(45)6/h19,21,25,27,29-35,37-41,47-48,52H,11-18,20,22-24H2,1-10H3/b26-19+,28-21+/t27-,29+,30?,31+,32-,33+,34+,35-,37+,38-,39-,40+,41+,44+/m0/s1. The number of likely N-dealkylation sites (tertiary alicyclic amines) is 1. The van der Waals surface area contributed by atoms with E-state index < -0.39 is 71.9 Å². The second kappa shape index (κ2) is 22.7. The number of amides is 1. The average molecular weight is 808 g/mol. The Bertz CT molecular complexity index is 1380. The molecule has 13 heteroatoms. The number of piperidine rings is 1. The molecule has 0 spiro atoms. The molecule has 2 aliphatic heterocycles. The predicted molar refractivity (Wildman–Crippen MR) is 215 cm³/mol. The molecule has 2 saturated heterocycles. The fourth-order valence-electron chi connectivity index (χ4n) is 9.26. The molecule has 0 aromatic heterocycles. The number of hydrogen-bond donors (Lipinski definition) is 3. The number of allylic oxidation sites excluding steroid dienone is 3. The van der Waals surface area contributed by atoms with Crippen LogP contribution in [0.15, 0.2) is 23.3 Å². The molecule has 3 N–H and O–H groups in total. The summed E-state index contributed by atoms with van der Waals surface area (Å²) in [5, 5.41) is 33.2. The van der Waals surface area contributed by atoms with Gasteiger partial charge < -0.3 is 43.9 Å². The van der Waals surface area contributed by atoms with Crippen molar-refractivity contribution in [3.8, 4) is 0 Å². The second-order valence-corrected chi connectivity index (χ2v) is 17.3. The second-order valence-electron chi connectivity index (χ2n) is 17.3. The lowest BCUT2D eigenvalue weighted by Crippen LogP contribution is -2.64. The van der Waals surface area contributed by atoms with E-state index >= 15 is 0 Å². The Hall–Kier alpha value is -2.52. The van der Waals surface area contributed by atoms with Gasteiger partial charge in [0, 0.05) is 58.1 Å². The Morgan fingerprint density at radius 1 is 0.982 bits per heavy atom. The van der Waals surface area contributed by atoms with Gasteiger partial charge in [-0.15, -0.1) is 0 Å². The summed E-state index contributed by atoms with van der Waals surface area (Å²) in [6.45, 7) is 14.0. The quantitative estimate of drug-likeness (QED) is 0.0795.